The van der Waals surface area contributed by atoms with Gasteiger partial charge in [-0.1, -0.05) is 35.9 Å². The molecule has 114 valence electrons. The number of para-hydroxylation sites is 1. The molecule has 0 spiro atoms. The second-order valence-electron chi connectivity index (χ2n) is 5.48. The summed E-state index contributed by atoms with van der Waals surface area (Å²) in [6.07, 6.45) is 2.62. The van der Waals surface area contributed by atoms with Crippen molar-refractivity contribution in [1.82, 2.24) is 4.90 Å². The second-order valence-corrected chi connectivity index (χ2v) is 5.97. The first-order valence-electron chi connectivity index (χ1n) is 7.11. The molecule has 3 amide bonds. The fourth-order valence-electron chi connectivity index (χ4n) is 2.92. The number of hydrogen-bond acceptors (Lipinski definition) is 3. The van der Waals surface area contributed by atoms with Crippen LogP contribution in [0.2, 0.25) is 0 Å². The zero-order valence-electron chi connectivity index (χ0n) is 11.8. The van der Waals surface area contributed by atoms with Gasteiger partial charge in [0.2, 0.25) is 17.7 Å². The number of halogens is 1. The first-order chi connectivity index (χ1) is 10.6. The number of carbonyl (C=O) groups is 3. The normalized spacial score (nSPS) is 24.0. The summed E-state index contributed by atoms with van der Waals surface area (Å²) in [4.78, 5) is 37.7. The van der Waals surface area contributed by atoms with Gasteiger partial charge in [-0.05, 0) is 25.0 Å². The van der Waals surface area contributed by atoms with Gasteiger partial charge in [-0.15, -0.1) is 0 Å². The van der Waals surface area contributed by atoms with Crippen molar-refractivity contribution in [3.8, 4) is 0 Å². The summed E-state index contributed by atoms with van der Waals surface area (Å²) in [6.45, 7) is -0.253. The van der Waals surface area contributed by atoms with Crippen molar-refractivity contribution < 1.29 is 14.4 Å². The molecule has 1 N–H and O–H groups in total. The Kier molecular flexibility index (Phi) is 3.98. The van der Waals surface area contributed by atoms with Gasteiger partial charge in [0.25, 0.3) is 0 Å². The molecule has 2 atom stereocenters. The highest BCUT2D eigenvalue weighted by Crippen LogP contribution is 2.38. The topological polar surface area (TPSA) is 66.5 Å². The Bertz CT molecular complexity index is 657. The van der Waals surface area contributed by atoms with Gasteiger partial charge >= 0.3 is 0 Å². The van der Waals surface area contributed by atoms with Crippen LogP contribution in [0.15, 0.2) is 41.4 Å². The quantitative estimate of drug-likeness (QED) is 0.868. The largest absolute Gasteiger partial charge is 0.325 e. The maximum atomic E-state index is 12.3. The fraction of sp³-hybridized carbons (Fsp3) is 0.312. The number of likely N-dealkylation sites (tertiary alicyclic amines) is 1. The predicted octanol–water partition coefficient (Wildman–Crippen LogP) is 2.14. The van der Waals surface area contributed by atoms with Crippen molar-refractivity contribution in [1.29, 1.82) is 0 Å². The van der Waals surface area contributed by atoms with E-state index in [-0.39, 0.29) is 30.2 Å². The third-order valence-electron chi connectivity index (χ3n) is 4.02. The first-order valence-corrected chi connectivity index (χ1v) is 7.48. The van der Waals surface area contributed by atoms with Crippen molar-refractivity contribution in [2.75, 3.05) is 11.9 Å². The molecule has 5 nitrogen and oxygen atoms in total. The van der Waals surface area contributed by atoms with E-state index in [4.69, 9.17) is 11.6 Å². The number of anilines is 1. The van der Waals surface area contributed by atoms with E-state index >= 15 is 0 Å². The predicted molar refractivity (Wildman–Crippen MR) is 81.9 cm³/mol. The van der Waals surface area contributed by atoms with Gasteiger partial charge in [-0.25, -0.2) is 0 Å². The Hall–Kier alpha value is -2.14. The Morgan fingerprint density at radius 3 is 2.59 bits per heavy atom. The number of imide groups is 1. The molecular formula is C16H15ClN2O3. The number of allylic oxidation sites excluding steroid dienone is 2. The van der Waals surface area contributed by atoms with Gasteiger partial charge in [0.05, 0.1) is 11.8 Å². The van der Waals surface area contributed by atoms with Crippen LogP contribution in [0.1, 0.15) is 12.8 Å². The number of benzene rings is 1. The smallest absolute Gasteiger partial charge is 0.244 e. The van der Waals surface area contributed by atoms with Crippen LogP contribution in [0.5, 0.6) is 0 Å². The monoisotopic (exact) mass is 318 g/mol. The summed E-state index contributed by atoms with van der Waals surface area (Å²) < 4.78 is 0. The minimum atomic E-state index is -0.422. The van der Waals surface area contributed by atoms with Crippen LogP contribution in [-0.4, -0.2) is 29.2 Å². The highest BCUT2D eigenvalue weighted by Gasteiger charge is 2.48. The van der Waals surface area contributed by atoms with Crippen LogP contribution in [0.25, 0.3) is 0 Å². The van der Waals surface area contributed by atoms with Crippen LogP contribution < -0.4 is 5.32 Å². The summed E-state index contributed by atoms with van der Waals surface area (Å²) in [5.41, 5.74) is 0.633. The van der Waals surface area contributed by atoms with E-state index in [0.29, 0.717) is 23.6 Å². The highest BCUT2D eigenvalue weighted by atomic mass is 35.5. The molecule has 1 aromatic rings. The van der Waals surface area contributed by atoms with E-state index in [1.807, 2.05) is 6.07 Å². The molecule has 0 unspecified atom stereocenters. The zero-order valence-corrected chi connectivity index (χ0v) is 12.5. The molecule has 1 fully saturated rings. The fourth-order valence-corrected chi connectivity index (χ4v) is 3.17. The van der Waals surface area contributed by atoms with E-state index in [2.05, 4.69) is 5.32 Å². The molecule has 6 heteroatoms. The Labute approximate surface area is 132 Å². The Balaban J connectivity index is 1.67. The summed E-state index contributed by atoms with van der Waals surface area (Å²) in [6, 6.07) is 8.92. The lowest BCUT2D eigenvalue weighted by Crippen LogP contribution is -2.38. The Morgan fingerprint density at radius 1 is 1.18 bits per heavy atom. The summed E-state index contributed by atoms with van der Waals surface area (Å²) >= 11 is 5.96. The molecule has 0 saturated carbocycles. The summed E-state index contributed by atoms with van der Waals surface area (Å²) in [7, 11) is 0. The van der Waals surface area contributed by atoms with Crippen molar-refractivity contribution in [3.05, 3.63) is 41.4 Å². The van der Waals surface area contributed by atoms with Crippen molar-refractivity contribution in [2.24, 2.45) is 11.8 Å². The molecule has 3 rings (SSSR count). The van der Waals surface area contributed by atoms with Gasteiger partial charge in [0.15, 0.2) is 0 Å². The number of fused-ring (bicyclic) bond motifs is 1. The van der Waals surface area contributed by atoms with E-state index in [1.165, 1.54) is 0 Å². The number of hydrogen-bond donors (Lipinski definition) is 1. The van der Waals surface area contributed by atoms with Crippen LogP contribution in [-0.2, 0) is 14.4 Å². The van der Waals surface area contributed by atoms with Crippen molar-refractivity contribution in [2.45, 2.75) is 12.8 Å². The third-order valence-corrected chi connectivity index (χ3v) is 4.33. The lowest BCUT2D eigenvalue weighted by Gasteiger charge is -2.17. The lowest BCUT2D eigenvalue weighted by molar-refractivity contribution is -0.142. The Morgan fingerprint density at radius 2 is 1.86 bits per heavy atom. The van der Waals surface area contributed by atoms with Crippen molar-refractivity contribution >= 4 is 35.0 Å². The third kappa shape index (κ3) is 2.76. The van der Waals surface area contributed by atoms with E-state index in [1.54, 1.807) is 30.3 Å². The molecule has 0 aromatic heterocycles. The van der Waals surface area contributed by atoms with E-state index in [9.17, 15) is 14.4 Å². The molecule has 22 heavy (non-hydrogen) atoms. The molecule has 1 aliphatic heterocycles. The number of nitrogens with one attached hydrogen (secondary N) is 1. The minimum absolute atomic E-state index is 0.253. The molecule has 1 aliphatic carbocycles. The molecule has 1 aromatic carbocycles. The average molecular weight is 319 g/mol. The van der Waals surface area contributed by atoms with E-state index < -0.39 is 5.92 Å². The number of amides is 3. The molecule has 1 saturated heterocycles. The van der Waals surface area contributed by atoms with Gasteiger partial charge in [0.1, 0.15) is 6.54 Å². The SMILES string of the molecule is O=C(CN1C(=O)[C@H]2CC=C(Cl)C[C@H]2C1=O)Nc1ccccc1. The zero-order chi connectivity index (χ0) is 15.7. The van der Waals surface area contributed by atoms with Gasteiger partial charge in [-0.3, -0.25) is 19.3 Å². The molecular weight excluding hydrogens is 304 g/mol. The number of rotatable bonds is 3. The van der Waals surface area contributed by atoms with Crippen LogP contribution >= 0.6 is 11.6 Å². The van der Waals surface area contributed by atoms with Crippen LogP contribution in [0, 0.1) is 11.8 Å². The number of carbonyl (C=O) groups excluding carboxylic acids is 3. The second kappa shape index (κ2) is 5.93. The van der Waals surface area contributed by atoms with Crippen molar-refractivity contribution in [3.63, 3.8) is 0 Å². The highest BCUT2D eigenvalue weighted by molar-refractivity contribution is 6.30. The molecule has 1 heterocycles. The summed E-state index contributed by atoms with van der Waals surface area (Å²) in [5.74, 6) is -1.76. The van der Waals surface area contributed by atoms with E-state index in [0.717, 1.165) is 4.90 Å². The van der Waals surface area contributed by atoms with Gasteiger partial charge < -0.3 is 5.32 Å². The molecule has 0 bridgehead atoms. The maximum absolute atomic E-state index is 12.3. The molecule has 2 aliphatic rings. The van der Waals surface area contributed by atoms with Gasteiger partial charge in [-0.2, -0.15) is 0 Å². The standard InChI is InChI=1S/C16H15ClN2O3/c17-10-6-7-12-13(8-10)16(22)19(15(12)21)9-14(20)18-11-4-2-1-3-5-11/h1-6,12-13H,7-9H2,(H,18,20)/t12-,13+/m0/s1. The van der Waals surface area contributed by atoms with Crippen LogP contribution in [0.3, 0.4) is 0 Å². The lowest BCUT2D eigenvalue weighted by atomic mass is 9.85. The first kappa shape index (κ1) is 14.8. The summed E-state index contributed by atoms with van der Waals surface area (Å²) in [5, 5.41) is 3.29. The minimum Gasteiger partial charge on any atom is -0.325 e. The maximum Gasteiger partial charge on any atom is 0.244 e. The van der Waals surface area contributed by atoms with Gasteiger partial charge in [0, 0.05) is 10.7 Å². The average Bonchev–Trinajstić information content (AvgIpc) is 2.73. The molecule has 0 radical (unpaired) electrons. The number of nitrogens with zero attached hydrogens (tertiary/aromatic N) is 1. The van der Waals surface area contributed by atoms with Crippen LogP contribution in [0.4, 0.5) is 5.69 Å².